The maximum absolute atomic E-state index is 11.4. The first kappa shape index (κ1) is 15.2. The predicted octanol–water partition coefficient (Wildman–Crippen LogP) is 4.60. The summed E-state index contributed by atoms with van der Waals surface area (Å²) < 4.78 is 7.19. The number of ether oxygens (including phenoxy) is 1. The van der Waals surface area contributed by atoms with Crippen LogP contribution >= 0.6 is 0 Å². The number of hydrogen-bond acceptors (Lipinski definition) is 2. The first-order valence-corrected chi connectivity index (χ1v) is 7.53. The lowest BCUT2D eigenvalue weighted by molar-refractivity contribution is 0.0698. The Morgan fingerprint density at radius 2 is 1.74 bits per heavy atom. The van der Waals surface area contributed by atoms with E-state index in [0.717, 1.165) is 27.8 Å². The zero-order chi connectivity index (χ0) is 16.6. The van der Waals surface area contributed by atoms with Crippen LogP contribution in [0.1, 0.15) is 30.2 Å². The van der Waals surface area contributed by atoms with Gasteiger partial charge in [-0.1, -0.05) is 24.3 Å². The molecule has 0 amide bonds. The van der Waals surface area contributed by atoms with E-state index in [9.17, 15) is 9.90 Å². The van der Waals surface area contributed by atoms with Crippen LogP contribution < -0.4 is 4.74 Å². The summed E-state index contributed by atoms with van der Waals surface area (Å²) in [7, 11) is 1.64. The van der Waals surface area contributed by atoms with Gasteiger partial charge in [0.15, 0.2) is 0 Å². The van der Waals surface area contributed by atoms with Crippen LogP contribution in [0.2, 0.25) is 0 Å². The molecule has 3 rings (SSSR count). The van der Waals surface area contributed by atoms with E-state index in [1.807, 2.05) is 60.9 Å². The Morgan fingerprint density at radius 1 is 1.09 bits per heavy atom. The van der Waals surface area contributed by atoms with Crippen LogP contribution in [0.4, 0.5) is 0 Å². The SMILES string of the molecule is COc1ccc(-c2ccc3c(C(=O)O)cn(C(C)C)c3c2)cc1. The monoisotopic (exact) mass is 309 g/mol. The van der Waals surface area contributed by atoms with Crippen molar-refractivity contribution in [1.82, 2.24) is 4.57 Å². The van der Waals surface area contributed by atoms with Gasteiger partial charge in [0.05, 0.1) is 12.7 Å². The van der Waals surface area contributed by atoms with E-state index >= 15 is 0 Å². The van der Waals surface area contributed by atoms with Crippen LogP contribution in [0.25, 0.3) is 22.0 Å². The van der Waals surface area contributed by atoms with Gasteiger partial charge in [0.1, 0.15) is 5.75 Å². The highest BCUT2D eigenvalue weighted by Crippen LogP contribution is 2.30. The fourth-order valence-corrected chi connectivity index (χ4v) is 2.81. The van der Waals surface area contributed by atoms with E-state index in [2.05, 4.69) is 0 Å². The van der Waals surface area contributed by atoms with E-state index < -0.39 is 5.97 Å². The average Bonchev–Trinajstić information content (AvgIpc) is 2.94. The van der Waals surface area contributed by atoms with Crippen LogP contribution in [0.5, 0.6) is 5.75 Å². The quantitative estimate of drug-likeness (QED) is 0.766. The first-order chi connectivity index (χ1) is 11.0. The molecule has 4 heteroatoms. The lowest BCUT2D eigenvalue weighted by Gasteiger charge is -2.10. The minimum atomic E-state index is -0.897. The van der Waals surface area contributed by atoms with Gasteiger partial charge in [0.2, 0.25) is 0 Å². The number of rotatable bonds is 4. The second-order valence-electron chi connectivity index (χ2n) is 5.81. The van der Waals surface area contributed by atoms with Crippen LogP contribution in [-0.4, -0.2) is 22.8 Å². The second kappa shape index (κ2) is 5.80. The molecule has 0 aliphatic carbocycles. The Morgan fingerprint density at radius 3 is 2.30 bits per heavy atom. The van der Waals surface area contributed by atoms with Gasteiger partial charge in [-0.15, -0.1) is 0 Å². The summed E-state index contributed by atoms with van der Waals surface area (Å²) >= 11 is 0. The standard InChI is InChI=1S/C19H19NO3/c1-12(2)20-11-17(19(21)22)16-9-6-14(10-18(16)20)13-4-7-15(23-3)8-5-13/h4-12H,1-3H3,(H,21,22). The van der Waals surface area contributed by atoms with Crippen molar-refractivity contribution in [2.45, 2.75) is 19.9 Å². The van der Waals surface area contributed by atoms with Crippen molar-refractivity contribution >= 4 is 16.9 Å². The minimum absolute atomic E-state index is 0.191. The van der Waals surface area contributed by atoms with E-state index in [-0.39, 0.29) is 6.04 Å². The second-order valence-corrected chi connectivity index (χ2v) is 5.81. The number of benzene rings is 2. The molecule has 1 N–H and O–H groups in total. The Balaban J connectivity index is 2.17. The summed E-state index contributed by atoms with van der Waals surface area (Å²) in [4.78, 5) is 11.4. The number of methoxy groups -OCH3 is 1. The summed E-state index contributed by atoms with van der Waals surface area (Å²) in [5, 5.41) is 10.2. The Bertz CT molecular complexity index is 860. The number of carbonyl (C=O) groups is 1. The zero-order valence-electron chi connectivity index (χ0n) is 13.4. The lowest BCUT2D eigenvalue weighted by atomic mass is 10.0. The molecule has 23 heavy (non-hydrogen) atoms. The molecule has 0 radical (unpaired) electrons. The van der Waals surface area contributed by atoms with Crippen LogP contribution in [0, 0.1) is 0 Å². The van der Waals surface area contributed by atoms with Gasteiger partial charge >= 0.3 is 5.97 Å². The Hall–Kier alpha value is -2.75. The van der Waals surface area contributed by atoms with E-state index in [1.54, 1.807) is 13.3 Å². The minimum Gasteiger partial charge on any atom is -0.497 e. The fourth-order valence-electron chi connectivity index (χ4n) is 2.81. The molecule has 0 fully saturated rings. The molecule has 1 heterocycles. The molecule has 3 aromatic rings. The highest BCUT2D eigenvalue weighted by molar-refractivity contribution is 6.04. The highest BCUT2D eigenvalue weighted by atomic mass is 16.5. The van der Waals surface area contributed by atoms with Crippen LogP contribution in [0.15, 0.2) is 48.7 Å². The van der Waals surface area contributed by atoms with Gasteiger partial charge in [0, 0.05) is 23.1 Å². The molecular formula is C19H19NO3. The summed E-state index contributed by atoms with van der Waals surface area (Å²) in [6, 6.07) is 13.9. The number of hydrogen-bond donors (Lipinski definition) is 1. The van der Waals surface area contributed by atoms with Gasteiger partial charge in [-0.2, -0.15) is 0 Å². The van der Waals surface area contributed by atoms with Crippen molar-refractivity contribution in [2.24, 2.45) is 0 Å². The molecule has 0 atom stereocenters. The molecule has 4 nitrogen and oxygen atoms in total. The maximum Gasteiger partial charge on any atom is 0.337 e. The summed E-state index contributed by atoms with van der Waals surface area (Å²) in [6.07, 6.45) is 1.72. The molecule has 0 aliphatic rings. The molecule has 0 aliphatic heterocycles. The number of carboxylic acids is 1. The lowest BCUT2D eigenvalue weighted by Crippen LogP contribution is -1.99. The Kier molecular flexibility index (Phi) is 3.82. The maximum atomic E-state index is 11.4. The molecule has 0 unspecified atom stereocenters. The third-order valence-corrected chi connectivity index (χ3v) is 4.04. The number of carboxylic acid groups (broad SMARTS) is 1. The van der Waals surface area contributed by atoms with Crippen molar-refractivity contribution < 1.29 is 14.6 Å². The van der Waals surface area contributed by atoms with Crippen molar-refractivity contribution in [1.29, 1.82) is 0 Å². The molecule has 0 saturated heterocycles. The van der Waals surface area contributed by atoms with Crippen molar-refractivity contribution in [3.8, 4) is 16.9 Å². The molecule has 0 spiro atoms. The molecule has 0 bridgehead atoms. The zero-order valence-corrected chi connectivity index (χ0v) is 13.4. The van der Waals surface area contributed by atoms with Crippen LogP contribution in [0.3, 0.4) is 0 Å². The largest absolute Gasteiger partial charge is 0.497 e. The number of aromatic carboxylic acids is 1. The van der Waals surface area contributed by atoms with Gasteiger partial charge in [-0.25, -0.2) is 4.79 Å². The average molecular weight is 309 g/mol. The smallest absolute Gasteiger partial charge is 0.337 e. The molecule has 1 aromatic heterocycles. The summed E-state index contributed by atoms with van der Waals surface area (Å²) in [5.74, 6) is -0.0832. The van der Waals surface area contributed by atoms with Crippen molar-refractivity contribution in [3.63, 3.8) is 0 Å². The van der Waals surface area contributed by atoms with E-state index in [0.29, 0.717) is 5.56 Å². The third kappa shape index (κ3) is 2.68. The van der Waals surface area contributed by atoms with E-state index in [4.69, 9.17) is 4.74 Å². The number of nitrogens with zero attached hydrogens (tertiary/aromatic N) is 1. The fraction of sp³-hybridized carbons (Fsp3) is 0.211. The Labute approximate surface area is 134 Å². The van der Waals surface area contributed by atoms with Crippen molar-refractivity contribution in [2.75, 3.05) is 7.11 Å². The van der Waals surface area contributed by atoms with Gasteiger partial charge in [-0.05, 0) is 43.2 Å². The number of aromatic nitrogens is 1. The van der Waals surface area contributed by atoms with Crippen molar-refractivity contribution in [3.05, 3.63) is 54.2 Å². The van der Waals surface area contributed by atoms with E-state index in [1.165, 1.54) is 0 Å². The van der Waals surface area contributed by atoms with Gasteiger partial charge in [0.25, 0.3) is 0 Å². The molecule has 118 valence electrons. The third-order valence-electron chi connectivity index (χ3n) is 4.04. The summed E-state index contributed by atoms with van der Waals surface area (Å²) in [6.45, 7) is 4.09. The van der Waals surface area contributed by atoms with Gasteiger partial charge < -0.3 is 14.4 Å². The molecule has 0 saturated carbocycles. The molecule has 2 aromatic carbocycles. The number of fused-ring (bicyclic) bond motifs is 1. The summed E-state index contributed by atoms with van der Waals surface area (Å²) in [5.41, 5.74) is 3.40. The normalized spacial score (nSPS) is 11.1. The predicted molar refractivity (Wildman–Crippen MR) is 91.3 cm³/mol. The highest BCUT2D eigenvalue weighted by Gasteiger charge is 2.16. The topological polar surface area (TPSA) is 51.5 Å². The molecular weight excluding hydrogens is 290 g/mol. The van der Waals surface area contributed by atoms with Crippen LogP contribution in [-0.2, 0) is 0 Å². The van der Waals surface area contributed by atoms with Gasteiger partial charge in [-0.3, -0.25) is 0 Å². The first-order valence-electron chi connectivity index (χ1n) is 7.53.